The minimum absolute atomic E-state index is 0.382. The van der Waals surface area contributed by atoms with Gasteiger partial charge in [-0.3, -0.25) is 4.79 Å². The molecule has 25 heavy (non-hydrogen) atoms. The molecule has 0 unspecified atom stereocenters. The van der Waals surface area contributed by atoms with E-state index in [1.807, 2.05) is 6.92 Å². The van der Waals surface area contributed by atoms with E-state index in [4.69, 9.17) is 4.74 Å². The van der Waals surface area contributed by atoms with Gasteiger partial charge in [0.2, 0.25) is 0 Å². The number of hydrogen-bond acceptors (Lipinski definition) is 2. The van der Waals surface area contributed by atoms with Gasteiger partial charge in [-0.1, -0.05) is 12.8 Å². The Bertz CT molecular complexity index is 993. The van der Waals surface area contributed by atoms with Crippen LogP contribution in [0.15, 0.2) is 0 Å². The second-order valence-corrected chi connectivity index (χ2v) is 4.73. The average molecular weight is 322 g/mol. The molecule has 0 aromatic heterocycles. The van der Waals surface area contributed by atoms with Gasteiger partial charge in [0.15, 0.2) is 0 Å². The van der Waals surface area contributed by atoms with E-state index >= 15 is 0 Å². The molecular formula is C23H14O2. The summed E-state index contributed by atoms with van der Waals surface area (Å²) in [5.41, 5.74) is -0.556. The second kappa shape index (κ2) is 13.6. The van der Waals surface area contributed by atoms with Gasteiger partial charge in [0.25, 0.3) is 0 Å². The molecule has 0 fully saturated rings. The first kappa shape index (κ1) is 20.9. The van der Waals surface area contributed by atoms with E-state index in [-0.39, 0.29) is 5.97 Å². The molecule has 118 valence electrons. The lowest BCUT2D eigenvalue weighted by atomic mass is 9.91. The van der Waals surface area contributed by atoms with Crippen molar-refractivity contribution in [3.8, 4) is 94.9 Å². The summed E-state index contributed by atoms with van der Waals surface area (Å²) in [7, 11) is 0. The van der Waals surface area contributed by atoms with Crippen molar-refractivity contribution < 1.29 is 9.53 Å². The Morgan fingerprint density at radius 1 is 0.720 bits per heavy atom. The fourth-order valence-electron chi connectivity index (χ4n) is 0.817. The Hall–Kier alpha value is -4.05. The van der Waals surface area contributed by atoms with Gasteiger partial charge < -0.3 is 4.74 Å². The van der Waals surface area contributed by atoms with Gasteiger partial charge >= 0.3 is 5.97 Å². The van der Waals surface area contributed by atoms with Crippen molar-refractivity contribution in [1.82, 2.24) is 0 Å². The van der Waals surface area contributed by atoms with Gasteiger partial charge in [-0.15, -0.1) is 0 Å². The minimum atomic E-state index is -0.556. The van der Waals surface area contributed by atoms with Gasteiger partial charge in [-0.2, -0.15) is 0 Å². The summed E-state index contributed by atoms with van der Waals surface area (Å²) in [5, 5.41) is 0. The zero-order valence-corrected chi connectivity index (χ0v) is 14.5. The largest absolute Gasteiger partial charge is 0.371 e. The molecule has 2 heteroatoms. The number of hydrogen-bond donors (Lipinski definition) is 0. The minimum Gasteiger partial charge on any atom is -0.371 e. The molecule has 0 N–H and O–H groups in total. The molecule has 0 bridgehead atoms. The smallest absolute Gasteiger partial charge is 0.325 e. The molecule has 0 saturated carbocycles. The topological polar surface area (TPSA) is 26.3 Å². The molecule has 0 amide bonds. The van der Waals surface area contributed by atoms with Crippen LogP contribution in [0.2, 0.25) is 0 Å². The Morgan fingerprint density at radius 2 is 1.08 bits per heavy atom. The lowest BCUT2D eigenvalue weighted by Gasteiger charge is -2.17. The maximum atomic E-state index is 11.6. The van der Waals surface area contributed by atoms with Crippen LogP contribution in [0, 0.1) is 100 Å². The number of ether oxygens (including phenoxy) is 1. The SMILES string of the molecule is CC#CC#CC#CC#CC#CC#CC#CC#COC(=O)C(C)(C)CC. The highest BCUT2D eigenvalue weighted by molar-refractivity contribution is 5.76. The van der Waals surface area contributed by atoms with Crippen LogP contribution in [0.4, 0.5) is 0 Å². The average Bonchev–Trinajstić information content (AvgIpc) is 2.61. The molecule has 0 atom stereocenters. The van der Waals surface area contributed by atoms with Crippen molar-refractivity contribution in [2.45, 2.75) is 34.1 Å². The molecule has 0 radical (unpaired) electrons. The van der Waals surface area contributed by atoms with E-state index < -0.39 is 5.41 Å². The maximum Gasteiger partial charge on any atom is 0.325 e. The highest BCUT2D eigenvalue weighted by Crippen LogP contribution is 2.20. The van der Waals surface area contributed by atoms with E-state index in [1.165, 1.54) is 0 Å². The summed E-state index contributed by atoms with van der Waals surface area (Å²) in [5.74, 6) is 37.0. The van der Waals surface area contributed by atoms with Gasteiger partial charge in [0, 0.05) is 41.4 Å². The van der Waals surface area contributed by atoms with E-state index in [1.54, 1.807) is 20.8 Å². The summed E-state index contributed by atoms with van der Waals surface area (Å²) in [4.78, 5) is 11.6. The molecular weight excluding hydrogens is 308 g/mol. The first-order chi connectivity index (χ1) is 12.0. The van der Waals surface area contributed by atoms with Gasteiger partial charge in [-0.25, -0.2) is 0 Å². The van der Waals surface area contributed by atoms with Crippen LogP contribution in [0.1, 0.15) is 34.1 Å². The molecule has 0 aliphatic carbocycles. The van der Waals surface area contributed by atoms with Crippen LogP contribution >= 0.6 is 0 Å². The molecule has 0 saturated heterocycles. The van der Waals surface area contributed by atoms with Crippen molar-refractivity contribution in [2.75, 3.05) is 0 Å². The molecule has 0 aliphatic rings. The van der Waals surface area contributed by atoms with Gasteiger partial charge in [0.05, 0.1) is 5.41 Å². The Kier molecular flexibility index (Phi) is 11.4. The van der Waals surface area contributed by atoms with Gasteiger partial charge in [-0.05, 0) is 68.6 Å². The predicted octanol–water partition coefficient (Wildman–Crippen LogP) is 1.97. The predicted molar refractivity (Wildman–Crippen MR) is 98.0 cm³/mol. The van der Waals surface area contributed by atoms with Crippen molar-refractivity contribution in [2.24, 2.45) is 5.41 Å². The van der Waals surface area contributed by atoms with E-state index in [0.717, 1.165) is 0 Å². The molecule has 0 heterocycles. The fraction of sp³-hybridized carbons (Fsp3) is 0.261. The third kappa shape index (κ3) is 12.2. The Morgan fingerprint density at radius 3 is 1.44 bits per heavy atom. The standard InChI is InChI=1S/C23H14O2/c1-5-7-8-9-10-11-12-13-14-15-16-17-18-19-20-21-25-22(24)23(3,4)6-2/h6H2,1-4H3. The van der Waals surface area contributed by atoms with Crippen LogP contribution in [0.3, 0.4) is 0 Å². The second-order valence-electron chi connectivity index (χ2n) is 4.73. The number of esters is 1. The first-order valence-electron chi connectivity index (χ1n) is 7.17. The third-order valence-electron chi connectivity index (χ3n) is 2.57. The summed E-state index contributed by atoms with van der Waals surface area (Å²) >= 11 is 0. The van der Waals surface area contributed by atoms with E-state index in [9.17, 15) is 4.79 Å². The Labute approximate surface area is 150 Å². The summed E-state index contributed by atoms with van der Waals surface area (Å²) in [6, 6.07) is 0. The number of carbonyl (C=O) groups is 1. The van der Waals surface area contributed by atoms with Crippen molar-refractivity contribution in [1.29, 1.82) is 0 Å². The normalized spacial score (nSPS) is 6.56. The summed E-state index contributed by atoms with van der Waals surface area (Å²) < 4.78 is 4.78. The summed E-state index contributed by atoms with van der Waals surface area (Å²) in [6.07, 6.45) is 2.90. The highest BCUT2D eigenvalue weighted by Gasteiger charge is 2.26. The van der Waals surface area contributed by atoms with Crippen LogP contribution < -0.4 is 0 Å². The van der Waals surface area contributed by atoms with Crippen LogP contribution in [-0.2, 0) is 9.53 Å². The molecule has 2 nitrogen and oxygen atoms in total. The molecule has 0 aromatic rings. The molecule has 0 aliphatic heterocycles. The highest BCUT2D eigenvalue weighted by atomic mass is 16.5. The molecule has 0 spiro atoms. The number of carbonyl (C=O) groups excluding carboxylic acids is 1. The third-order valence-corrected chi connectivity index (χ3v) is 2.57. The monoisotopic (exact) mass is 322 g/mol. The van der Waals surface area contributed by atoms with Crippen molar-refractivity contribution in [3.05, 3.63) is 0 Å². The molecule has 0 rings (SSSR count). The quantitative estimate of drug-likeness (QED) is 0.574. The lowest BCUT2D eigenvalue weighted by Crippen LogP contribution is -2.24. The fourth-order valence-corrected chi connectivity index (χ4v) is 0.817. The zero-order valence-electron chi connectivity index (χ0n) is 14.5. The Balaban J connectivity index is 4.41. The first-order valence-corrected chi connectivity index (χ1v) is 7.17. The maximum absolute atomic E-state index is 11.6. The van der Waals surface area contributed by atoms with Crippen LogP contribution in [0.5, 0.6) is 0 Å². The lowest BCUT2D eigenvalue weighted by molar-refractivity contribution is -0.146. The van der Waals surface area contributed by atoms with Crippen LogP contribution in [-0.4, -0.2) is 5.97 Å². The van der Waals surface area contributed by atoms with E-state index in [0.29, 0.717) is 6.42 Å². The number of rotatable bonds is 2. The summed E-state index contributed by atoms with van der Waals surface area (Å²) in [6.45, 7) is 7.17. The van der Waals surface area contributed by atoms with Crippen molar-refractivity contribution >= 4 is 5.97 Å². The van der Waals surface area contributed by atoms with Crippen LogP contribution in [0.25, 0.3) is 0 Å². The van der Waals surface area contributed by atoms with E-state index in [2.05, 4.69) is 94.9 Å². The zero-order chi connectivity index (χ0) is 18.8. The van der Waals surface area contributed by atoms with Crippen molar-refractivity contribution in [3.63, 3.8) is 0 Å². The van der Waals surface area contributed by atoms with Gasteiger partial charge in [0.1, 0.15) is 6.11 Å². The molecule has 0 aromatic carbocycles.